The summed E-state index contributed by atoms with van der Waals surface area (Å²) in [6.07, 6.45) is 0. The van der Waals surface area contributed by atoms with E-state index in [0.717, 1.165) is 12.1 Å². The Morgan fingerprint density at radius 1 is 1.06 bits per heavy atom. The van der Waals surface area contributed by atoms with Crippen LogP contribution in [0.4, 0.5) is 8.78 Å². The lowest BCUT2D eigenvalue weighted by atomic mass is 10.0. The number of thioether (sulfide) groups is 1. The van der Waals surface area contributed by atoms with Gasteiger partial charge in [0.1, 0.15) is 0 Å². The van der Waals surface area contributed by atoms with E-state index in [1.165, 1.54) is 11.8 Å². The van der Waals surface area contributed by atoms with Gasteiger partial charge >= 0.3 is 0 Å². The van der Waals surface area contributed by atoms with Gasteiger partial charge in [-0.05, 0) is 12.1 Å². The number of benzene rings is 1. The number of aromatic nitrogens is 1. The molecule has 1 aliphatic rings. The Morgan fingerprint density at radius 2 is 1.72 bits per heavy atom. The lowest BCUT2D eigenvalue weighted by Gasteiger charge is -2.16. The average molecular weight is 267 g/mol. The van der Waals surface area contributed by atoms with Gasteiger partial charge in [0.05, 0.1) is 11.1 Å². The number of rotatable bonds is 0. The van der Waals surface area contributed by atoms with Gasteiger partial charge in [-0.3, -0.25) is 9.59 Å². The average Bonchev–Trinajstić information content (AvgIpc) is 2.32. The number of halogens is 2. The maximum atomic E-state index is 13.3. The van der Waals surface area contributed by atoms with Crippen LogP contribution in [-0.4, -0.2) is 16.5 Å². The Bertz CT molecular complexity index is 739. The van der Waals surface area contributed by atoms with Gasteiger partial charge in [0.25, 0.3) is 5.56 Å². The second-order valence-corrected chi connectivity index (χ2v) is 5.02. The summed E-state index contributed by atoms with van der Waals surface area (Å²) in [6.45, 7) is 0. The number of pyridine rings is 1. The van der Waals surface area contributed by atoms with Gasteiger partial charge in [0.2, 0.25) is 0 Å². The number of carbonyl (C=O) groups is 1. The van der Waals surface area contributed by atoms with Gasteiger partial charge in [-0.1, -0.05) is 0 Å². The number of aromatic amines is 1. The van der Waals surface area contributed by atoms with Crippen LogP contribution in [0.1, 0.15) is 16.1 Å². The van der Waals surface area contributed by atoms with Crippen LogP contribution in [0.5, 0.6) is 0 Å². The second kappa shape index (κ2) is 3.91. The third-order valence-electron chi connectivity index (χ3n) is 2.90. The number of carbonyl (C=O) groups excluding carboxylic acids is 1. The van der Waals surface area contributed by atoms with Crippen molar-refractivity contribution in [2.45, 2.75) is 5.75 Å². The Balaban J connectivity index is 2.50. The first kappa shape index (κ1) is 11.4. The molecule has 6 heteroatoms. The van der Waals surface area contributed by atoms with Crippen molar-refractivity contribution in [2.75, 3.05) is 5.75 Å². The number of nitrogens with one attached hydrogen (secondary N) is 1. The van der Waals surface area contributed by atoms with Gasteiger partial charge in [-0.15, -0.1) is 11.8 Å². The number of fused-ring (bicyclic) bond motifs is 3. The van der Waals surface area contributed by atoms with Crippen LogP contribution >= 0.6 is 11.8 Å². The van der Waals surface area contributed by atoms with E-state index in [4.69, 9.17) is 0 Å². The molecule has 2 aromatic rings. The van der Waals surface area contributed by atoms with Crippen molar-refractivity contribution in [3.63, 3.8) is 0 Å². The monoisotopic (exact) mass is 267 g/mol. The summed E-state index contributed by atoms with van der Waals surface area (Å²) in [5.74, 6) is -1.54. The Kier molecular flexibility index (Phi) is 2.48. The fraction of sp³-hybridized carbons (Fsp3) is 0.167. The minimum Gasteiger partial charge on any atom is -0.324 e. The highest BCUT2D eigenvalue weighted by atomic mass is 32.2. The normalized spacial score (nSPS) is 14.9. The standard InChI is InChI=1S/C12H7F2NO2S/c13-7-1-5-6(2-8(7)14)12(17)15-9-3-18-4-10(16)11(5)9/h1-2H,3-4H2,(H,15,17). The van der Waals surface area contributed by atoms with Crippen molar-refractivity contribution in [1.82, 2.24) is 4.98 Å². The van der Waals surface area contributed by atoms with Crippen LogP contribution in [-0.2, 0) is 5.75 Å². The fourth-order valence-corrected chi connectivity index (χ4v) is 2.97. The quantitative estimate of drug-likeness (QED) is 0.796. The van der Waals surface area contributed by atoms with Crippen LogP contribution in [0.15, 0.2) is 16.9 Å². The molecule has 0 bridgehead atoms. The summed E-state index contributed by atoms with van der Waals surface area (Å²) >= 11 is 1.38. The molecule has 0 atom stereocenters. The fourth-order valence-electron chi connectivity index (χ4n) is 2.12. The molecule has 1 aliphatic heterocycles. The number of hydrogen-bond donors (Lipinski definition) is 1. The zero-order valence-electron chi connectivity index (χ0n) is 9.05. The van der Waals surface area contributed by atoms with Crippen molar-refractivity contribution in [2.24, 2.45) is 0 Å². The number of ketones is 1. The van der Waals surface area contributed by atoms with E-state index >= 15 is 0 Å². The van der Waals surface area contributed by atoms with Crippen molar-refractivity contribution in [1.29, 1.82) is 0 Å². The third-order valence-corrected chi connectivity index (χ3v) is 3.86. The first-order valence-electron chi connectivity index (χ1n) is 5.23. The molecule has 0 amide bonds. The second-order valence-electron chi connectivity index (χ2n) is 4.04. The Hall–Kier alpha value is -1.69. The Labute approximate surface area is 104 Å². The molecule has 0 spiro atoms. The summed E-state index contributed by atoms with van der Waals surface area (Å²) in [4.78, 5) is 26.2. The summed E-state index contributed by atoms with van der Waals surface area (Å²) in [5, 5.41) is 0.200. The first-order chi connectivity index (χ1) is 8.58. The molecule has 2 heterocycles. The molecule has 0 fully saturated rings. The van der Waals surface area contributed by atoms with E-state index < -0.39 is 17.2 Å². The van der Waals surface area contributed by atoms with Gasteiger partial charge in [-0.25, -0.2) is 8.78 Å². The lowest BCUT2D eigenvalue weighted by Crippen LogP contribution is -2.20. The minimum atomic E-state index is -1.09. The van der Waals surface area contributed by atoms with Crippen molar-refractivity contribution >= 4 is 28.3 Å². The highest BCUT2D eigenvalue weighted by Gasteiger charge is 2.23. The SMILES string of the molecule is O=C1CSCc2[nH]c(=O)c3cc(F)c(F)cc3c21. The van der Waals surface area contributed by atoms with Crippen LogP contribution in [0, 0.1) is 11.6 Å². The third kappa shape index (κ3) is 1.56. The predicted octanol–water partition coefficient (Wildman–Crippen LogP) is 2.24. The molecule has 0 aliphatic carbocycles. The predicted molar refractivity (Wildman–Crippen MR) is 65.0 cm³/mol. The number of Topliss-reactive ketones (excluding diaryl/α,β-unsaturated/α-hetero) is 1. The molecule has 1 N–H and O–H groups in total. The maximum absolute atomic E-state index is 13.3. The molecule has 0 saturated carbocycles. The van der Waals surface area contributed by atoms with Crippen LogP contribution in [0.25, 0.3) is 10.8 Å². The minimum absolute atomic E-state index is 0.00731. The summed E-state index contributed by atoms with van der Waals surface area (Å²) in [6, 6.07) is 1.76. The summed E-state index contributed by atoms with van der Waals surface area (Å²) in [5.41, 5.74) is 0.292. The van der Waals surface area contributed by atoms with Crippen LogP contribution < -0.4 is 5.56 Å². The molecule has 3 nitrogen and oxygen atoms in total. The summed E-state index contributed by atoms with van der Waals surface area (Å²) < 4.78 is 26.4. The van der Waals surface area contributed by atoms with Gasteiger partial charge < -0.3 is 4.98 Å². The van der Waals surface area contributed by atoms with Gasteiger partial charge in [0, 0.05) is 22.4 Å². The van der Waals surface area contributed by atoms with E-state index in [9.17, 15) is 18.4 Å². The molecular weight excluding hydrogens is 260 g/mol. The molecule has 1 aromatic carbocycles. The van der Waals surface area contributed by atoms with Crippen LogP contribution in [0.2, 0.25) is 0 Å². The van der Waals surface area contributed by atoms with E-state index in [0.29, 0.717) is 17.0 Å². The van der Waals surface area contributed by atoms with E-state index in [2.05, 4.69) is 4.98 Å². The van der Waals surface area contributed by atoms with E-state index in [1.807, 2.05) is 0 Å². The molecule has 1 aromatic heterocycles. The largest absolute Gasteiger partial charge is 0.324 e. The molecule has 92 valence electrons. The van der Waals surface area contributed by atoms with Crippen molar-refractivity contribution < 1.29 is 13.6 Å². The van der Waals surface area contributed by atoms with E-state index in [-0.39, 0.29) is 22.3 Å². The van der Waals surface area contributed by atoms with Gasteiger partial charge in [0.15, 0.2) is 17.4 Å². The maximum Gasteiger partial charge on any atom is 0.256 e. The zero-order valence-corrected chi connectivity index (χ0v) is 9.87. The number of hydrogen-bond acceptors (Lipinski definition) is 3. The van der Waals surface area contributed by atoms with E-state index in [1.54, 1.807) is 0 Å². The zero-order chi connectivity index (χ0) is 12.9. The molecule has 3 rings (SSSR count). The van der Waals surface area contributed by atoms with Gasteiger partial charge in [-0.2, -0.15) is 0 Å². The molecule has 0 radical (unpaired) electrons. The molecule has 0 unspecified atom stereocenters. The van der Waals surface area contributed by atoms with Crippen LogP contribution in [0.3, 0.4) is 0 Å². The highest BCUT2D eigenvalue weighted by Crippen LogP contribution is 2.28. The molecule has 0 saturated heterocycles. The number of H-pyrrole nitrogens is 1. The smallest absolute Gasteiger partial charge is 0.256 e. The molecule has 18 heavy (non-hydrogen) atoms. The van der Waals surface area contributed by atoms with Crippen molar-refractivity contribution in [3.8, 4) is 0 Å². The topological polar surface area (TPSA) is 49.9 Å². The Morgan fingerprint density at radius 3 is 2.44 bits per heavy atom. The first-order valence-corrected chi connectivity index (χ1v) is 6.38. The lowest BCUT2D eigenvalue weighted by molar-refractivity contribution is 0.102. The summed E-state index contributed by atoms with van der Waals surface area (Å²) in [7, 11) is 0. The van der Waals surface area contributed by atoms with Crippen molar-refractivity contribution in [3.05, 3.63) is 45.4 Å². The highest BCUT2D eigenvalue weighted by molar-refractivity contribution is 7.99. The molecular formula is C12H7F2NO2S.